The number of benzene rings is 1. The molecule has 1 amide bonds. The molecular weight excluding hydrogens is 356 g/mol. The first kappa shape index (κ1) is 18.7. The second-order valence-electron chi connectivity index (χ2n) is 7.21. The van der Waals surface area contributed by atoms with Crippen LogP contribution in [0.4, 0.5) is 5.69 Å². The van der Waals surface area contributed by atoms with Gasteiger partial charge in [-0.1, -0.05) is 6.07 Å². The molecule has 1 N–H and O–H groups in total. The third-order valence-corrected chi connectivity index (χ3v) is 5.17. The van der Waals surface area contributed by atoms with Gasteiger partial charge in [0.15, 0.2) is 11.5 Å². The third-order valence-electron chi connectivity index (χ3n) is 5.17. The van der Waals surface area contributed by atoms with E-state index in [4.69, 9.17) is 9.47 Å². The number of piperazine rings is 1. The predicted octanol–water partition coefficient (Wildman–Crippen LogP) is 1.92. The fourth-order valence-corrected chi connectivity index (χ4v) is 3.56. The molecule has 3 heterocycles. The van der Waals surface area contributed by atoms with Crippen LogP contribution in [0.5, 0.6) is 11.5 Å². The molecule has 28 heavy (non-hydrogen) atoms. The number of ether oxygens (including phenoxy) is 2. The Kier molecular flexibility index (Phi) is 5.73. The number of anilines is 1. The largest absolute Gasteiger partial charge is 0.486 e. The predicted molar refractivity (Wildman–Crippen MR) is 107 cm³/mol. The van der Waals surface area contributed by atoms with Crippen LogP contribution in [-0.2, 0) is 11.3 Å². The number of nitrogens with zero attached hydrogens (tertiary/aromatic N) is 3. The molecule has 148 valence electrons. The van der Waals surface area contributed by atoms with E-state index in [1.54, 1.807) is 0 Å². The minimum absolute atomic E-state index is 0.00627. The van der Waals surface area contributed by atoms with Gasteiger partial charge >= 0.3 is 0 Å². The normalized spacial score (nSPS) is 17.3. The van der Waals surface area contributed by atoms with E-state index >= 15 is 0 Å². The van der Waals surface area contributed by atoms with E-state index in [9.17, 15) is 4.79 Å². The molecule has 0 atom stereocenters. The van der Waals surface area contributed by atoms with Gasteiger partial charge in [-0.25, -0.2) is 0 Å². The summed E-state index contributed by atoms with van der Waals surface area (Å²) >= 11 is 0. The second kappa shape index (κ2) is 8.58. The smallest absolute Gasteiger partial charge is 0.238 e. The number of hydrogen-bond donors (Lipinski definition) is 1. The first-order chi connectivity index (χ1) is 13.7. The van der Waals surface area contributed by atoms with Gasteiger partial charge < -0.3 is 14.8 Å². The SMILES string of the molecule is Cc1ncccc1CN1CCN(CC(=O)Nc2ccc3c(c2)OCCO3)CC1. The lowest BCUT2D eigenvalue weighted by Crippen LogP contribution is -2.48. The minimum atomic E-state index is -0.00627. The number of aryl methyl sites for hydroxylation is 1. The summed E-state index contributed by atoms with van der Waals surface area (Å²) in [5.41, 5.74) is 3.09. The summed E-state index contributed by atoms with van der Waals surface area (Å²) in [6, 6.07) is 9.62. The number of amides is 1. The number of nitrogens with one attached hydrogen (secondary N) is 1. The van der Waals surface area contributed by atoms with Gasteiger partial charge in [-0.05, 0) is 30.7 Å². The Balaban J connectivity index is 1.24. The molecule has 7 heteroatoms. The van der Waals surface area contributed by atoms with Gasteiger partial charge in [-0.15, -0.1) is 0 Å². The number of aromatic nitrogens is 1. The fraction of sp³-hybridized carbons (Fsp3) is 0.429. The highest BCUT2D eigenvalue weighted by Crippen LogP contribution is 2.32. The van der Waals surface area contributed by atoms with Gasteiger partial charge in [0, 0.05) is 56.4 Å². The Bertz CT molecular complexity index is 834. The lowest BCUT2D eigenvalue weighted by Gasteiger charge is -2.34. The van der Waals surface area contributed by atoms with Crippen molar-refractivity contribution in [2.24, 2.45) is 0 Å². The highest BCUT2D eigenvalue weighted by atomic mass is 16.6. The van der Waals surface area contributed by atoms with E-state index < -0.39 is 0 Å². The standard InChI is InChI=1S/C21H26N4O3/c1-16-17(3-2-6-22-16)14-24-7-9-25(10-8-24)15-21(26)23-18-4-5-19-20(13-18)28-12-11-27-19/h2-6,13H,7-12,14-15H2,1H3,(H,23,26). The number of pyridine rings is 1. The number of hydrogen-bond acceptors (Lipinski definition) is 6. The molecule has 2 aliphatic heterocycles. The zero-order valence-electron chi connectivity index (χ0n) is 16.2. The van der Waals surface area contributed by atoms with Crippen molar-refractivity contribution in [2.75, 3.05) is 51.3 Å². The van der Waals surface area contributed by atoms with Crippen LogP contribution in [0.2, 0.25) is 0 Å². The van der Waals surface area contributed by atoms with Crippen molar-refractivity contribution in [2.45, 2.75) is 13.5 Å². The molecule has 4 rings (SSSR count). The Labute approximate surface area is 165 Å². The Morgan fingerprint density at radius 2 is 1.82 bits per heavy atom. The average Bonchev–Trinajstić information content (AvgIpc) is 2.71. The molecular formula is C21H26N4O3. The van der Waals surface area contributed by atoms with Gasteiger partial charge in [-0.2, -0.15) is 0 Å². The molecule has 0 radical (unpaired) electrons. The zero-order chi connectivity index (χ0) is 19.3. The van der Waals surface area contributed by atoms with Crippen LogP contribution in [0.15, 0.2) is 36.5 Å². The summed E-state index contributed by atoms with van der Waals surface area (Å²) < 4.78 is 11.1. The Morgan fingerprint density at radius 3 is 2.61 bits per heavy atom. The number of carbonyl (C=O) groups excluding carboxylic acids is 1. The van der Waals surface area contributed by atoms with E-state index in [2.05, 4.69) is 26.2 Å². The van der Waals surface area contributed by atoms with Crippen molar-refractivity contribution in [1.82, 2.24) is 14.8 Å². The molecule has 0 aliphatic carbocycles. The van der Waals surface area contributed by atoms with Crippen LogP contribution in [0.1, 0.15) is 11.3 Å². The molecule has 1 aromatic carbocycles. The van der Waals surface area contributed by atoms with Crippen LogP contribution in [0, 0.1) is 6.92 Å². The summed E-state index contributed by atoms with van der Waals surface area (Å²) in [6.07, 6.45) is 1.83. The molecule has 1 aromatic heterocycles. The minimum Gasteiger partial charge on any atom is -0.486 e. The molecule has 0 unspecified atom stereocenters. The molecule has 1 saturated heterocycles. The molecule has 7 nitrogen and oxygen atoms in total. The van der Waals surface area contributed by atoms with Crippen LogP contribution in [-0.4, -0.2) is 66.6 Å². The van der Waals surface area contributed by atoms with Crippen LogP contribution < -0.4 is 14.8 Å². The first-order valence-corrected chi connectivity index (χ1v) is 9.72. The van der Waals surface area contributed by atoms with Crippen LogP contribution in [0.3, 0.4) is 0 Å². The van der Waals surface area contributed by atoms with E-state index in [-0.39, 0.29) is 5.91 Å². The van der Waals surface area contributed by atoms with Crippen molar-refractivity contribution in [1.29, 1.82) is 0 Å². The molecule has 0 saturated carbocycles. The maximum absolute atomic E-state index is 12.4. The monoisotopic (exact) mass is 382 g/mol. The van der Waals surface area contributed by atoms with Crippen molar-refractivity contribution >= 4 is 11.6 Å². The summed E-state index contributed by atoms with van der Waals surface area (Å²) in [7, 11) is 0. The van der Waals surface area contributed by atoms with Gasteiger partial charge in [0.2, 0.25) is 5.91 Å². The average molecular weight is 382 g/mol. The third kappa shape index (κ3) is 4.61. The van der Waals surface area contributed by atoms with Gasteiger partial charge in [0.05, 0.1) is 6.54 Å². The van der Waals surface area contributed by atoms with E-state index in [0.29, 0.717) is 25.5 Å². The number of fused-ring (bicyclic) bond motifs is 1. The van der Waals surface area contributed by atoms with Crippen LogP contribution >= 0.6 is 0 Å². The summed E-state index contributed by atoms with van der Waals surface area (Å²) in [5.74, 6) is 1.40. The zero-order valence-corrected chi connectivity index (χ0v) is 16.2. The van der Waals surface area contributed by atoms with E-state index in [0.717, 1.165) is 49.9 Å². The topological polar surface area (TPSA) is 66.9 Å². The van der Waals surface area contributed by atoms with Gasteiger partial charge in [0.1, 0.15) is 13.2 Å². The molecule has 0 spiro atoms. The first-order valence-electron chi connectivity index (χ1n) is 9.72. The van der Waals surface area contributed by atoms with E-state index in [1.165, 1.54) is 5.56 Å². The quantitative estimate of drug-likeness (QED) is 0.852. The van der Waals surface area contributed by atoms with Crippen molar-refractivity contribution < 1.29 is 14.3 Å². The number of rotatable bonds is 5. The van der Waals surface area contributed by atoms with Gasteiger partial charge in [-0.3, -0.25) is 19.6 Å². The summed E-state index contributed by atoms with van der Waals surface area (Å²) in [4.78, 5) is 21.4. The molecule has 0 bridgehead atoms. The highest BCUT2D eigenvalue weighted by molar-refractivity contribution is 5.92. The summed E-state index contributed by atoms with van der Waals surface area (Å²) in [5, 5.41) is 2.96. The molecule has 2 aliphatic rings. The lowest BCUT2D eigenvalue weighted by molar-refractivity contribution is -0.117. The molecule has 1 fully saturated rings. The highest BCUT2D eigenvalue weighted by Gasteiger charge is 2.20. The fourth-order valence-electron chi connectivity index (χ4n) is 3.56. The van der Waals surface area contributed by atoms with Crippen molar-refractivity contribution in [3.05, 3.63) is 47.8 Å². The maximum Gasteiger partial charge on any atom is 0.238 e. The molecule has 2 aromatic rings. The Morgan fingerprint density at radius 1 is 1.07 bits per heavy atom. The maximum atomic E-state index is 12.4. The second-order valence-corrected chi connectivity index (χ2v) is 7.21. The Hall–Kier alpha value is -2.64. The van der Waals surface area contributed by atoms with Crippen molar-refractivity contribution in [3.63, 3.8) is 0 Å². The van der Waals surface area contributed by atoms with Crippen molar-refractivity contribution in [3.8, 4) is 11.5 Å². The van der Waals surface area contributed by atoms with Crippen LogP contribution in [0.25, 0.3) is 0 Å². The lowest BCUT2D eigenvalue weighted by atomic mass is 10.2. The van der Waals surface area contributed by atoms with Gasteiger partial charge in [0.25, 0.3) is 0 Å². The van der Waals surface area contributed by atoms with E-state index in [1.807, 2.05) is 37.4 Å². The summed E-state index contributed by atoms with van der Waals surface area (Å²) in [6.45, 7) is 8.12. The number of carbonyl (C=O) groups is 1.